The lowest BCUT2D eigenvalue weighted by Gasteiger charge is -2.19. The van der Waals surface area contributed by atoms with Gasteiger partial charge in [0.25, 0.3) is 0 Å². The molecule has 1 aliphatic rings. The van der Waals surface area contributed by atoms with Crippen LogP contribution in [0.4, 0.5) is 0 Å². The topological polar surface area (TPSA) is 35.5 Å². The molecule has 1 rings (SSSR count). The van der Waals surface area contributed by atoms with Crippen molar-refractivity contribution in [2.45, 2.75) is 32.3 Å². The van der Waals surface area contributed by atoms with Gasteiger partial charge in [0.2, 0.25) is 4.38 Å². The molecular formula is C10H16O3S2. The van der Waals surface area contributed by atoms with E-state index in [-0.39, 0.29) is 18.0 Å². The number of thioether (sulfide) groups is 1. The van der Waals surface area contributed by atoms with Gasteiger partial charge in [0.1, 0.15) is 6.10 Å². The zero-order chi connectivity index (χ0) is 11.3. The summed E-state index contributed by atoms with van der Waals surface area (Å²) in [5, 5.41) is 0. The Labute approximate surface area is 99.9 Å². The molecule has 0 heterocycles. The second-order valence-corrected chi connectivity index (χ2v) is 4.81. The van der Waals surface area contributed by atoms with Gasteiger partial charge in [-0.25, -0.2) is 0 Å². The smallest absolute Gasteiger partial charge is 0.312 e. The van der Waals surface area contributed by atoms with Crippen LogP contribution in [0.1, 0.15) is 26.2 Å². The number of esters is 1. The quantitative estimate of drug-likeness (QED) is 0.566. The number of carbonyl (C=O) groups excluding carboxylic acids is 1. The Hall–Kier alpha value is -0.290. The van der Waals surface area contributed by atoms with E-state index < -0.39 is 0 Å². The summed E-state index contributed by atoms with van der Waals surface area (Å²) in [6, 6.07) is 0. The van der Waals surface area contributed by atoms with Crippen LogP contribution >= 0.6 is 24.0 Å². The summed E-state index contributed by atoms with van der Waals surface area (Å²) in [7, 11) is 0. The van der Waals surface area contributed by atoms with Crippen molar-refractivity contribution < 1.29 is 14.3 Å². The maximum absolute atomic E-state index is 11.6. The van der Waals surface area contributed by atoms with Gasteiger partial charge >= 0.3 is 5.97 Å². The normalized spacial score (nSPS) is 24.9. The second kappa shape index (κ2) is 6.33. The van der Waals surface area contributed by atoms with Gasteiger partial charge in [-0.1, -0.05) is 11.8 Å². The zero-order valence-corrected chi connectivity index (χ0v) is 10.7. The van der Waals surface area contributed by atoms with E-state index >= 15 is 0 Å². The minimum absolute atomic E-state index is 0.0796. The lowest BCUT2D eigenvalue weighted by Crippen LogP contribution is -2.28. The third-order valence-corrected chi connectivity index (χ3v) is 3.48. The van der Waals surface area contributed by atoms with Gasteiger partial charge < -0.3 is 9.47 Å². The van der Waals surface area contributed by atoms with Crippen LogP contribution in [0.5, 0.6) is 0 Å². The van der Waals surface area contributed by atoms with Gasteiger partial charge in [0.05, 0.1) is 12.5 Å². The van der Waals surface area contributed by atoms with Gasteiger partial charge in [-0.15, -0.1) is 0 Å². The van der Waals surface area contributed by atoms with Crippen molar-refractivity contribution in [3.05, 3.63) is 0 Å². The molecule has 0 aromatic rings. The predicted molar refractivity (Wildman–Crippen MR) is 65.0 cm³/mol. The number of hydrogen-bond donors (Lipinski definition) is 0. The number of thiocarbonyl (C=S) groups is 1. The first-order chi connectivity index (χ1) is 7.19. The summed E-state index contributed by atoms with van der Waals surface area (Å²) in [5.74, 6) is -0.279. The molecule has 0 aromatic carbocycles. The van der Waals surface area contributed by atoms with Crippen LogP contribution in [0.2, 0.25) is 0 Å². The second-order valence-electron chi connectivity index (χ2n) is 3.40. The molecule has 0 saturated heterocycles. The summed E-state index contributed by atoms with van der Waals surface area (Å²) in [6.45, 7) is 2.24. The van der Waals surface area contributed by atoms with Crippen molar-refractivity contribution in [3.63, 3.8) is 0 Å². The van der Waals surface area contributed by atoms with Crippen LogP contribution in [0, 0.1) is 5.92 Å². The third kappa shape index (κ3) is 3.65. The van der Waals surface area contributed by atoms with E-state index in [1.807, 2.05) is 13.2 Å². The highest BCUT2D eigenvalue weighted by molar-refractivity contribution is 8.22. The molecule has 0 N–H and O–H groups in total. The number of carbonyl (C=O) groups is 1. The molecule has 0 bridgehead atoms. The molecule has 0 aromatic heterocycles. The molecule has 0 spiro atoms. The third-order valence-electron chi connectivity index (χ3n) is 2.46. The number of ether oxygens (including phenoxy) is 2. The Bertz CT molecular complexity index is 243. The highest BCUT2D eigenvalue weighted by atomic mass is 32.2. The van der Waals surface area contributed by atoms with Crippen molar-refractivity contribution in [1.82, 2.24) is 0 Å². The van der Waals surface area contributed by atoms with Crippen molar-refractivity contribution in [2.24, 2.45) is 5.92 Å². The van der Waals surface area contributed by atoms with E-state index in [4.69, 9.17) is 21.7 Å². The largest absolute Gasteiger partial charge is 0.474 e. The van der Waals surface area contributed by atoms with E-state index in [1.54, 1.807) is 0 Å². The fraction of sp³-hybridized carbons (Fsp3) is 0.800. The summed E-state index contributed by atoms with van der Waals surface area (Å²) in [6.07, 6.45) is 4.54. The first-order valence-corrected chi connectivity index (χ1v) is 6.73. The van der Waals surface area contributed by atoms with Gasteiger partial charge in [-0.2, -0.15) is 0 Å². The van der Waals surface area contributed by atoms with E-state index in [1.165, 1.54) is 11.8 Å². The summed E-state index contributed by atoms with van der Waals surface area (Å²) in [5.41, 5.74) is 0. The molecule has 1 fully saturated rings. The van der Waals surface area contributed by atoms with Gasteiger partial charge in [-0.05, 0) is 44.7 Å². The van der Waals surface area contributed by atoms with E-state index in [2.05, 4.69) is 0 Å². The minimum atomic E-state index is -0.149. The summed E-state index contributed by atoms with van der Waals surface area (Å²) >= 11 is 6.38. The average Bonchev–Trinajstić information content (AvgIpc) is 2.66. The van der Waals surface area contributed by atoms with Crippen LogP contribution in [0.3, 0.4) is 0 Å². The standard InChI is InChI=1S/C10H16O3S2/c1-3-12-9(11)7-5-4-6-8(7)13-10(14)15-2/h7-8H,3-6H2,1-2H3/t7-,8+/m0/s1. The van der Waals surface area contributed by atoms with Gasteiger partial charge in [0, 0.05) is 0 Å². The first-order valence-electron chi connectivity index (χ1n) is 5.10. The summed E-state index contributed by atoms with van der Waals surface area (Å²) < 4.78 is 11.0. The highest BCUT2D eigenvalue weighted by Gasteiger charge is 2.36. The van der Waals surface area contributed by atoms with E-state index in [0.717, 1.165) is 19.3 Å². The molecular weight excluding hydrogens is 232 g/mol. The SMILES string of the molecule is CCOC(=O)[C@H]1CCC[C@H]1OC(=S)SC. The molecule has 2 atom stereocenters. The van der Waals surface area contributed by atoms with Crippen LogP contribution in [0.25, 0.3) is 0 Å². The fourth-order valence-electron chi connectivity index (χ4n) is 1.76. The minimum Gasteiger partial charge on any atom is -0.474 e. The number of rotatable bonds is 3. The molecule has 0 amide bonds. The highest BCUT2D eigenvalue weighted by Crippen LogP contribution is 2.30. The Morgan fingerprint density at radius 2 is 2.27 bits per heavy atom. The number of hydrogen-bond acceptors (Lipinski definition) is 5. The molecule has 1 saturated carbocycles. The summed E-state index contributed by atoms with van der Waals surface area (Å²) in [4.78, 5) is 11.6. The van der Waals surface area contributed by atoms with Crippen molar-refractivity contribution >= 4 is 34.3 Å². The van der Waals surface area contributed by atoms with Gasteiger partial charge in [-0.3, -0.25) is 4.79 Å². The monoisotopic (exact) mass is 248 g/mol. The van der Waals surface area contributed by atoms with E-state index in [0.29, 0.717) is 11.0 Å². The Balaban J connectivity index is 2.49. The first kappa shape index (κ1) is 12.8. The molecule has 0 radical (unpaired) electrons. The lowest BCUT2D eigenvalue weighted by atomic mass is 10.1. The fourth-order valence-corrected chi connectivity index (χ4v) is 2.10. The van der Waals surface area contributed by atoms with Crippen molar-refractivity contribution in [3.8, 4) is 0 Å². The maximum atomic E-state index is 11.6. The molecule has 1 aliphatic carbocycles. The van der Waals surface area contributed by atoms with Crippen LogP contribution in [0.15, 0.2) is 0 Å². The van der Waals surface area contributed by atoms with E-state index in [9.17, 15) is 4.79 Å². The zero-order valence-electron chi connectivity index (χ0n) is 9.02. The van der Waals surface area contributed by atoms with Crippen LogP contribution < -0.4 is 0 Å². The Kier molecular flexibility index (Phi) is 5.39. The lowest BCUT2D eigenvalue weighted by molar-refractivity contribution is -0.150. The molecule has 86 valence electrons. The molecule has 0 unspecified atom stereocenters. The Morgan fingerprint density at radius 1 is 1.53 bits per heavy atom. The molecule has 0 aliphatic heterocycles. The van der Waals surface area contributed by atoms with Crippen molar-refractivity contribution in [2.75, 3.05) is 12.9 Å². The molecule has 15 heavy (non-hydrogen) atoms. The average molecular weight is 248 g/mol. The predicted octanol–water partition coefficient (Wildman–Crippen LogP) is 2.38. The molecule has 3 nitrogen and oxygen atoms in total. The maximum Gasteiger partial charge on any atom is 0.312 e. The van der Waals surface area contributed by atoms with Crippen LogP contribution in [-0.4, -0.2) is 29.3 Å². The van der Waals surface area contributed by atoms with Gasteiger partial charge in [0.15, 0.2) is 0 Å². The van der Waals surface area contributed by atoms with Crippen molar-refractivity contribution in [1.29, 1.82) is 0 Å². The van der Waals surface area contributed by atoms with Crippen LogP contribution in [-0.2, 0) is 14.3 Å². The molecule has 5 heteroatoms. The Morgan fingerprint density at radius 3 is 2.87 bits per heavy atom.